The summed E-state index contributed by atoms with van der Waals surface area (Å²) in [5, 5.41) is 5.16. The average Bonchev–Trinajstić information content (AvgIpc) is 3.08. The van der Waals surface area contributed by atoms with Gasteiger partial charge in [0.15, 0.2) is 11.5 Å². The fourth-order valence-corrected chi connectivity index (χ4v) is 2.95. The maximum atomic E-state index is 12.7. The van der Waals surface area contributed by atoms with E-state index in [0.717, 1.165) is 16.5 Å². The topological polar surface area (TPSA) is 81.5 Å². The minimum Gasteiger partial charge on any atom is -0.493 e. The predicted molar refractivity (Wildman–Crippen MR) is 105 cm³/mol. The zero-order valence-electron chi connectivity index (χ0n) is 15.0. The molecule has 2 aromatic carbocycles. The second-order valence-electron chi connectivity index (χ2n) is 5.88. The van der Waals surface area contributed by atoms with Crippen LogP contribution in [0.15, 0.2) is 58.7 Å². The Kier molecular flexibility index (Phi) is 4.33. The molecule has 0 atom stereocenters. The first-order chi connectivity index (χ1) is 13.2. The molecule has 2 aromatic heterocycles. The van der Waals surface area contributed by atoms with Crippen LogP contribution in [-0.2, 0) is 0 Å². The Morgan fingerprint density at radius 2 is 2.07 bits per heavy atom. The second kappa shape index (κ2) is 6.95. The number of H-pyrrole nitrogens is 1. The summed E-state index contributed by atoms with van der Waals surface area (Å²) in [6, 6.07) is 13.1. The number of hydrogen-bond acceptors (Lipinski definition) is 5. The van der Waals surface area contributed by atoms with Gasteiger partial charge in [-0.05, 0) is 36.8 Å². The van der Waals surface area contributed by atoms with Crippen LogP contribution in [0.1, 0.15) is 12.5 Å². The summed E-state index contributed by atoms with van der Waals surface area (Å²) in [6.07, 6.45) is 3.00. The molecule has 1 N–H and O–H groups in total. The molecular formula is C20H18N4O3. The third-order valence-electron chi connectivity index (χ3n) is 4.22. The highest BCUT2D eigenvalue weighted by molar-refractivity contribution is 6.04. The van der Waals surface area contributed by atoms with Crippen molar-refractivity contribution in [3.8, 4) is 11.5 Å². The molecule has 27 heavy (non-hydrogen) atoms. The van der Waals surface area contributed by atoms with E-state index in [1.165, 1.54) is 11.0 Å². The molecular weight excluding hydrogens is 344 g/mol. The summed E-state index contributed by atoms with van der Waals surface area (Å²) in [5.74, 6) is 1.27. The fourth-order valence-electron chi connectivity index (χ4n) is 2.95. The minimum absolute atomic E-state index is 0.259. The van der Waals surface area contributed by atoms with Crippen molar-refractivity contribution in [1.29, 1.82) is 0 Å². The van der Waals surface area contributed by atoms with Crippen molar-refractivity contribution >= 4 is 28.2 Å². The van der Waals surface area contributed by atoms with E-state index in [1.807, 2.05) is 43.3 Å². The van der Waals surface area contributed by atoms with Gasteiger partial charge in [0, 0.05) is 10.9 Å². The molecule has 7 heteroatoms. The summed E-state index contributed by atoms with van der Waals surface area (Å²) < 4.78 is 12.0. The van der Waals surface area contributed by atoms with Crippen molar-refractivity contribution in [3.05, 3.63) is 64.7 Å². The largest absolute Gasteiger partial charge is 0.493 e. The van der Waals surface area contributed by atoms with Gasteiger partial charge in [-0.3, -0.25) is 4.79 Å². The molecule has 0 aliphatic rings. The zero-order chi connectivity index (χ0) is 18.8. The van der Waals surface area contributed by atoms with Crippen LogP contribution in [0.2, 0.25) is 0 Å². The molecule has 2 heterocycles. The number of aromatic nitrogens is 3. The number of benzene rings is 2. The van der Waals surface area contributed by atoms with Crippen molar-refractivity contribution in [2.45, 2.75) is 6.92 Å². The molecule has 4 rings (SSSR count). The molecule has 0 aliphatic carbocycles. The molecule has 136 valence electrons. The zero-order valence-corrected chi connectivity index (χ0v) is 15.0. The highest BCUT2D eigenvalue weighted by Crippen LogP contribution is 2.27. The standard InChI is InChI=1S/C20H18N4O3/c1-3-27-16-9-8-13(10-17(16)26-2)11-22-24-12-21-18-14-6-4-5-7-15(14)23-19(18)20(24)25/h4-12,23H,3H2,1-2H3. The van der Waals surface area contributed by atoms with Crippen molar-refractivity contribution < 1.29 is 9.47 Å². The number of nitrogens with zero attached hydrogens (tertiary/aromatic N) is 3. The molecule has 0 spiro atoms. The third kappa shape index (κ3) is 3.03. The first-order valence-electron chi connectivity index (χ1n) is 8.54. The molecule has 0 saturated heterocycles. The molecule has 0 amide bonds. The Morgan fingerprint density at radius 3 is 2.89 bits per heavy atom. The second-order valence-corrected chi connectivity index (χ2v) is 5.88. The Bertz CT molecular complexity index is 1210. The van der Waals surface area contributed by atoms with Gasteiger partial charge < -0.3 is 14.5 Å². The molecule has 0 aliphatic heterocycles. The quantitative estimate of drug-likeness (QED) is 0.553. The van der Waals surface area contributed by atoms with E-state index < -0.39 is 0 Å². The molecule has 0 unspecified atom stereocenters. The van der Waals surface area contributed by atoms with Gasteiger partial charge in [0.1, 0.15) is 17.4 Å². The van der Waals surface area contributed by atoms with E-state index in [4.69, 9.17) is 9.47 Å². The molecule has 4 aromatic rings. The lowest BCUT2D eigenvalue weighted by Crippen LogP contribution is -2.17. The van der Waals surface area contributed by atoms with E-state index in [1.54, 1.807) is 19.4 Å². The first kappa shape index (κ1) is 16.8. The molecule has 0 bridgehead atoms. The van der Waals surface area contributed by atoms with Crippen LogP contribution in [0.25, 0.3) is 21.9 Å². The maximum absolute atomic E-state index is 12.7. The number of fused-ring (bicyclic) bond motifs is 3. The van der Waals surface area contributed by atoms with Gasteiger partial charge in [0.05, 0.1) is 19.9 Å². The smallest absolute Gasteiger partial charge is 0.298 e. The summed E-state index contributed by atoms with van der Waals surface area (Å²) in [7, 11) is 1.58. The summed E-state index contributed by atoms with van der Waals surface area (Å²) in [4.78, 5) is 20.2. The van der Waals surface area contributed by atoms with Crippen LogP contribution in [0.5, 0.6) is 11.5 Å². The maximum Gasteiger partial charge on any atom is 0.298 e. The number of ether oxygens (including phenoxy) is 2. The number of rotatable bonds is 5. The Morgan fingerprint density at radius 1 is 1.22 bits per heavy atom. The monoisotopic (exact) mass is 362 g/mol. The third-order valence-corrected chi connectivity index (χ3v) is 4.22. The lowest BCUT2D eigenvalue weighted by atomic mass is 10.2. The number of para-hydroxylation sites is 1. The van der Waals surface area contributed by atoms with Crippen LogP contribution < -0.4 is 15.0 Å². The lowest BCUT2D eigenvalue weighted by molar-refractivity contribution is 0.311. The Labute approximate surface area is 154 Å². The van der Waals surface area contributed by atoms with Crippen molar-refractivity contribution in [3.63, 3.8) is 0 Å². The average molecular weight is 362 g/mol. The molecule has 0 radical (unpaired) electrons. The molecule has 0 saturated carbocycles. The number of hydrogen-bond donors (Lipinski definition) is 1. The summed E-state index contributed by atoms with van der Waals surface area (Å²) in [6.45, 7) is 2.46. The summed E-state index contributed by atoms with van der Waals surface area (Å²) >= 11 is 0. The normalized spacial score (nSPS) is 11.5. The van der Waals surface area contributed by atoms with Gasteiger partial charge in [-0.25, -0.2) is 4.98 Å². The van der Waals surface area contributed by atoms with Gasteiger partial charge in [0.2, 0.25) is 0 Å². The van der Waals surface area contributed by atoms with E-state index in [0.29, 0.717) is 29.1 Å². The molecule has 0 fully saturated rings. The Hall–Kier alpha value is -3.61. The minimum atomic E-state index is -0.259. The van der Waals surface area contributed by atoms with Gasteiger partial charge >= 0.3 is 0 Å². The SMILES string of the molecule is CCOc1ccc(C=Nn2cnc3c([nH]c4ccccc43)c2=O)cc1OC. The Balaban J connectivity index is 1.72. The van der Waals surface area contributed by atoms with Crippen LogP contribution in [0.3, 0.4) is 0 Å². The predicted octanol–water partition coefficient (Wildman–Crippen LogP) is 3.17. The molecule has 7 nitrogen and oxygen atoms in total. The summed E-state index contributed by atoms with van der Waals surface area (Å²) in [5.41, 5.74) is 2.46. The number of aromatic amines is 1. The number of methoxy groups -OCH3 is 1. The lowest BCUT2D eigenvalue weighted by Gasteiger charge is -2.09. The fraction of sp³-hybridized carbons (Fsp3) is 0.150. The van der Waals surface area contributed by atoms with Crippen molar-refractivity contribution in [2.75, 3.05) is 13.7 Å². The van der Waals surface area contributed by atoms with E-state index in [9.17, 15) is 4.79 Å². The van der Waals surface area contributed by atoms with E-state index in [2.05, 4.69) is 15.1 Å². The highest BCUT2D eigenvalue weighted by Gasteiger charge is 2.10. The van der Waals surface area contributed by atoms with Gasteiger partial charge in [-0.1, -0.05) is 18.2 Å². The van der Waals surface area contributed by atoms with Gasteiger partial charge in [0.25, 0.3) is 5.56 Å². The van der Waals surface area contributed by atoms with Crippen LogP contribution in [-0.4, -0.2) is 34.6 Å². The van der Waals surface area contributed by atoms with E-state index >= 15 is 0 Å². The van der Waals surface area contributed by atoms with Gasteiger partial charge in [-0.2, -0.15) is 9.78 Å². The first-order valence-corrected chi connectivity index (χ1v) is 8.54. The van der Waals surface area contributed by atoms with Crippen LogP contribution >= 0.6 is 0 Å². The van der Waals surface area contributed by atoms with E-state index in [-0.39, 0.29) is 5.56 Å². The van der Waals surface area contributed by atoms with Crippen LogP contribution in [0, 0.1) is 0 Å². The van der Waals surface area contributed by atoms with Crippen molar-refractivity contribution in [2.24, 2.45) is 5.10 Å². The van der Waals surface area contributed by atoms with Gasteiger partial charge in [-0.15, -0.1) is 0 Å². The van der Waals surface area contributed by atoms with Crippen molar-refractivity contribution in [1.82, 2.24) is 14.6 Å². The van der Waals surface area contributed by atoms with Crippen LogP contribution in [0.4, 0.5) is 0 Å². The highest BCUT2D eigenvalue weighted by atomic mass is 16.5. The number of nitrogens with one attached hydrogen (secondary N) is 1.